The number of aromatic nitrogens is 5. The second-order valence-corrected chi connectivity index (χ2v) is 9.26. The van der Waals surface area contributed by atoms with Gasteiger partial charge in [-0.1, -0.05) is 90.1 Å². The summed E-state index contributed by atoms with van der Waals surface area (Å²) in [5.41, 5.74) is 6.58. The zero-order chi connectivity index (χ0) is 25.6. The lowest BCUT2D eigenvalue weighted by Gasteiger charge is -2.10. The molecule has 0 atom stereocenters. The molecule has 0 saturated heterocycles. The van der Waals surface area contributed by atoms with Crippen LogP contribution in [-0.4, -0.2) is 42.4 Å². The first-order chi connectivity index (χ1) is 18.1. The van der Waals surface area contributed by atoms with E-state index in [4.69, 9.17) is 11.6 Å². The van der Waals surface area contributed by atoms with Crippen LogP contribution in [0.5, 0.6) is 0 Å². The molecule has 5 aromatic rings. The van der Waals surface area contributed by atoms with Crippen LogP contribution >= 0.6 is 23.4 Å². The number of para-hydroxylation sites is 2. The molecule has 0 bridgehead atoms. The molecule has 0 radical (unpaired) electrons. The van der Waals surface area contributed by atoms with Crippen molar-refractivity contribution in [3.63, 3.8) is 0 Å². The Morgan fingerprint density at radius 1 is 0.946 bits per heavy atom. The molecule has 0 unspecified atom stereocenters. The predicted molar refractivity (Wildman–Crippen MR) is 147 cm³/mol. The van der Waals surface area contributed by atoms with Gasteiger partial charge in [0.25, 0.3) is 5.91 Å². The fourth-order valence-electron chi connectivity index (χ4n) is 3.68. The Morgan fingerprint density at radius 2 is 1.57 bits per heavy atom. The van der Waals surface area contributed by atoms with Crippen molar-refractivity contribution in [1.82, 2.24) is 30.0 Å². The third-order valence-corrected chi connectivity index (χ3v) is 6.74. The second kappa shape index (κ2) is 11.2. The van der Waals surface area contributed by atoms with Crippen molar-refractivity contribution in [3.05, 3.63) is 107 Å². The molecule has 2 heterocycles. The molecule has 0 aliphatic heterocycles. The first-order valence-corrected chi connectivity index (χ1v) is 12.8. The van der Waals surface area contributed by atoms with Gasteiger partial charge in [0.15, 0.2) is 11.0 Å². The first-order valence-electron chi connectivity index (χ1n) is 11.4. The number of carbonyl (C=O) groups excluding carboxylic acids is 1. The predicted octanol–water partition coefficient (Wildman–Crippen LogP) is 5.32. The SMILES string of the molecule is Cc1nn(-c2ccccc2)c(Cl)c1/C=N/NC(=O)CSc1nnc(-c2ccccc2)n1-c1ccccc1. The fourth-order valence-corrected chi connectivity index (χ4v) is 4.74. The second-order valence-electron chi connectivity index (χ2n) is 7.96. The molecule has 10 heteroatoms. The highest BCUT2D eigenvalue weighted by Gasteiger charge is 2.17. The average Bonchev–Trinajstić information content (AvgIpc) is 3.49. The number of hydrogen-bond donors (Lipinski definition) is 1. The van der Waals surface area contributed by atoms with Gasteiger partial charge in [0.2, 0.25) is 0 Å². The van der Waals surface area contributed by atoms with E-state index >= 15 is 0 Å². The Labute approximate surface area is 223 Å². The summed E-state index contributed by atoms with van der Waals surface area (Å²) in [4.78, 5) is 12.6. The van der Waals surface area contributed by atoms with E-state index in [1.165, 1.54) is 18.0 Å². The third-order valence-electron chi connectivity index (χ3n) is 5.44. The maximum Gasteiger partial charge on any atom is 0.250 e. The molecular weight excluding hydrogens is 506 g/mol. The van der Waals surface area contributed by atoms with E-state index in [-0.39, 0.29) is 11.7 Å². The molecule has 0 aliphatic rings. The van der Waals surface area contributed by atoms with Crippen LogP contribution < -0.4 is 5.43 Å². The van der Waals surface area contributed by atoms with Gasteiger partial charge >= 0.3 is 0 Å². The molecule has 1 amide bonds. The average molecular weight is 528 g/mol. The van der Waals surface area contributed by atoms with Gasteiger partial charge in [0.1, 0.15) is 5.15 Å². The molecule has 0 saturated carbocycles. The van der Waals surface area contributed by atoms with Crippen molar-refractivity contribution >= 4 is 35.5 Å². The van der Waals surface area contributed by atoms with Gasteiger partial charge in [0, 0.05) is 11.3 Å². The Kier molecular flexibility index (Phi) is 7.43. The topological polar surface area (TPSA) is 90.0 Å². The monoisotopic (exact) mass is 527 g/mol. The molecule has 0 fully saturated rings. The Bertz CT molecular complexity index is 1530. The molecule has 0 spiro atoms. The summed E-state index contributed by atoms with van der Waals surface area (Å²) >= 11 is 7.80. The quantitative estimate of drug-likeness (QED) is 0.167. The largest absolute Gasteiger partial charge is 0.272 e. The van der Waals surface area contributed by atoms with Crippen molar-refractivity contribution in [3.8, 4) is 22.8 Å². The van der Waals surface area contributed by atoms with E-state index in [0.29, 0.717) is 27.4 Å². The van der Waals surface area contributed by atoms with Crippen LogP contribution in [0.3, 0.4) is 0 Å². The van der Waals surface area contributed by atoms with Crippen molar-refractivity contribution in [2.24, 2.45) is 5.10 Å². The highest BCUT2D eigenvalue weighted by molar-refractivity contribution is 7.99. The van der Waals surface area contributed by atoms with Gasteiger partial charge in [-0.25, -0.2) is 10.1 Å². The highest BCUT2D eigenvalue weighted by Crippen LogP contribution is 2.28. The van der Waals surface area contributed by atoms with Gasteiger partial charge in [-0.05, 0) is 31.2 Å². The molecule has 8 nitrogen and oxygen atoms in total. The van der Waals surface area contributed by atoms with Crippen molar-refractivity contribution in [1.29, 1.82) is 0 Å². The van der Waals surface area contributed by atoms with E-state index in [1.54, 1.807) is 4.68 Å². The zero-order valence-corrected chi connectivity index (χ0v) is 21.4. The lowest BCUT2D eigenvalue weighted by molar-refractivity contribution is -0.118. The van der Waals surface area contributed by atoms with E-state index in [9.17, 15) is 4.79 Å². The first kappa shape index (κ1) is 24.5. The molecule has 3 aromatic carbocycles. The number of nitrogens with zero attached hydrogens (tertiary/aromatic N) is 6. The lowest BCUT2D eigenvalue weighted by Crippen LogP contribution is -2.20. The summed E-state index contributed by atoms with van der Waals surface area (Å²) < 4.78 is 3.58. The standard InChI is InChI=1S/C27H22ClN7OS/c1-19-23(25(28)35(33-19)22-15-9-4-10-16-22)17-29-30-24(36)18-37-27-32-31-26(20-11-5-2-6-12-20)34(27)21-13-7-3-8-14-21/h2-17H,18H2,1H3,(H,30,36)/b29-17+. The lowest BCUT2D eigenvalue weighted by atomic mass is 10.2. The third kappa shape index (κ3) is 5.47. The highest BCUT2D eigenvalue weighted by atomic mass is 35.5. The molecular formula is C27H22ClN7OS. The molecule has 37 heavy (non-hydrogen) atoms. The number of amides is 1. The van der Waals surface area contributed by atoms with Crippen LogP contribution in [0, 0.1) is 6.92 Å². The maximum absolute atomic E-state index is 12.6. The molecule has 2 aromatic heterocycles. The van der Waals surface area contributed by atoms with Gasteiger partial charge in [-0.15, -0.1) is 10.2 Å². The minimum Gasteiger partial charge on any atom is -0.272 e. The normalized spacial score (nSPS) is 11.2. The van der Waals surface area contributed by atoms with Crippen LogP contribution in [0.4, 0.5) is 0 Å². The van der Waals surface area contributed by atoms with Crippen LogP contribution in [0.1, 0.15) is 11.3 Å². The van der Waals surface area contributed by atoms with Crippen LogP contribution in [0.2, 0.25) is 5.15 Å². The smallest absolute Gasteiger partial charge is 0.250 e. The number of rotatable bonds is 8. The van der Waals surface area contributed by atoms with Crippen molar-refractivity contribution < 1.29 is 4.79 Å². The maximum atomic E-state index is 12.6. The number of hydrazone groups is 1. The summed E-state index contributed by atoms with van der Waals surface area (Å²) in [7, 11) is 0. The number of nitrogens with one attached hydrogen (secondary N) is 1. The summed E-state index contributed by atoms with van der Waals surface area (Å²) in [5.74, 6) is 0.523. The minimum atomic E-state index is -0.283. The number of halogens is 1. The Morgan fingerprint density at radius 3 is 2.24 bits per heavy atom. The number of benzene rings is 3. The van der Waals surface area contributed by atoms with Crippen LogP contribution in [0.15, 0.2) is 101 Å². The Hall–Kier alpha value is -4.21. The van der Waals surface area contributed by atoms with E-state index in [0.717, 1.165) is 16.9 Å². The summed E-state index contributed by atoms with van der Waals surface area (Å²) in [6, 6.07) is 29.2. The number of thioether (sulfide) groups is 1. The van der Waals surface area contributed by atoms with Crippen LogP contribution in [0.25, 0.3) is 22.8 Å². The van der Waals surface area contributed by atoms with Gasteiger partial charge in [-0.2, -0.15) is 10.2 Å². The molecule has 1 N–H and O–H groups in total. The molecule has 184 valence electrons. The van der Waals surface area contributed by atoms with Crippen LogP contribution in [-0.2, 0) is 4.79 Å². The van der Waals surface area contributed by atoms with Gasteiger partial charge in [-0.3, -0.25) is 9.36 Å². The molecule has 5 rings (SSSR count). The fraction of sp³-hybridized carbons (Fsp3) is 0.0741. The van der Waals surface area contributed by atoms with Crippen molar-refractivity contribution in [2.75, 3.05) is 5.75 Å². The number of hydrogen-bond acceptors (Lipinski definition) is 6. The summed E-state index contributed by atoms with van der Waals surface area (Å²) in [6.07, 6.45) is 1.51. The number of carbonyl (C=O) groups is 1. The van der Waals surface area contributed by atoms with Crippen molar-refractivity contribution in [2.45, 2.75) is 12.1 Å². The zero-order valence-electron chi connectivity index (χ0n) is 19.8. The van der Waals surface area contributed by atoms with E-state index in [1.807, 2.05) is 102 Å². The number of aryl methyl sites for hydroxylation is 1. The summed E-state index contributed by atoms with van der Waals surface area (Å²) in [6.45, 7) is 1.84. The van der Waals surface area contributed by atoms with E-state index in [2.05, 4.69) is 25.8 Å². The van der Waals surface area contributed by atoms with Gasteiger partial charge in [0.05, 0.1) is 28.9 Å². The van der Waals surface area contributed by atoms with Gasteiger partial charge < -0.3 is 0 Å². The molecule has 0 aliphatic carbocycles. The summed E-state index contributed by atoms with van der Waals surface area (Å²) in [5, 5.41) is 18.3. The Balaban J connectivity index is 1.28. The van der Waals surface area contributed by atoms with E-state index < -0.39 is 0 Å². The minimum absolute atomic E-state index is 0.104.